The van der Waals surface area contributed by atoms with Crippen molar-refractivity contribution >= 4 is 17.2 Å². The molecule has 0 aliphatic carbocycles. The fourth-order valence-corrected chi connectivity index (χ4v) is 2.43. The summed E-state index contributed by atoms with van der Waals surface area (Å²) in [4.78, 5) is 17.0. The van der Waals surface area contributed by atoms with E-state index in [-0.39, 0.29) is 12.5 Å². The average molecular weight is 300 g/mol. The van der Waals surface area contributed by atoms with E-state index in [0.717, 1.165) is 10.6 Å². The van der Waals surface area contributed by atoms with Crippen LogP contribution >= 0.6 is 11.3 Å². The molecule has 0 aliphatic heterocycles. The van der Waals surface area contributed by atoms with Crippen LogP contribution in [0.2, 0.25) is 0 Å². The lowest BCUT2D eigenvalue weighted by atomic mass is 10.2. The molecule has 2 N–H and O–H groups in total. The Morgan fingerprint density at radius 3 is 3.10 bits per heavy atom. The Hall–Kier alpha value is -2.16. The molecule has 0 atom stereocenters. The van der Waals surface area contributed by atoms with E-state index in [1.54, 1.807) is 17.6 Å². The molecule has 0 unspecified atom stereocenters. The summed E-state index contributed by atoms with van der Waals surface area (Å²) in [5.74, 6) is 5.66. The van der Waals surface area contributed by atoms with Crippen molar-refractivity contribution < 1.29 is 9.90 Å². The molecule has 2 aromatic rings. The Morgan fingerprint density at radius 1 is 1.43 bits per heavy atom. The number of hydrogen-bond donors (Lipinski definition) is 2. The standard InChI is InChI=1S/C16H16N2O2S/c19-10-4-2-6-15-11-13(12-21-15)16(20)18-9-7-14-5-1-3-8-17-14/h1,3,5,8,11-12,19H,4,7,9-10H2,(H,18,20). The third kappa shape index (κ3) is 5.03. The van der Waals surface area contributed by atoms with Gasteiger partial charge in [0.2, 0.25) is 0 Å². The van der Waals surface area contributed by atoms with Gasteiger partial charge in [-0.25, -0.2) is 0 Å². The predicted molar refractivity (Wildman–Crippen MR) is 83.2 cm³/mol. The third-order valence-electron chi connectivity index (χ3n) is 2.70. The summed E-state index contributed by atoms with van der Waals surface area (Å²) in [5, 5.41) is 13.3. The Bertz CT molecular complexity index is 641. The molecule has 0 aliphatic rings. The minimum Gasteiger partial charge on any atom is -0.395 e. The molecule has 5 heteroatoms. The molecule has 0 spiro atoms. The first kappa shape index (κ1) is 15.2. The zero-order valence-electron chi connectivity index (χ0n) is 11.5. The summed E-state index contributed by atoms with van der Waals surface area (Å²) in [6.45, 7) is 0.608. The van der Waals surface area contributed by atoms with Gasteiger partial charge in [-0.05, 0) is 18.2 Å². The number of pyridine rings is 1. The first-order chi connectivity index (χ1) is 10.3. The van der Waals surface area contributed by atoms with Crippen molar-refractivity contribution in [2.45, 2.75) is 12.8 Å². The molecule has 4 nitrogen and oxygen atoms in total. The summed E-state index contributed by atoms with van der Waals surface area (Å²) in [6.07, 6.45) is 2.90. The monoisotopic (exact) mass is 300 g/mol. The zero-order chi connectivity index (χ0) is 14.9. The van der Waals surface area contributed by atoms with Gasteiger partial charge >= 0.3 is 0 Å². The number of nitrogens with one attached hydrogen (secondary N) is 1. The van der Waals surface area contributed by atoms with Crippen LogP contribution in [-0.4, -0.2) is 29.1 Å². The van der Waals surface area contributed by atoms with E-state index in [1.807, 2.05) is 18.2 Å². The summed E-state index contributed by atoms with van der Waals surface area (Å²) >= 11 is 1.43. The molecule has 0 radical (unpaired) electrons. The van der Waals surface area contributed by atoms with Crippen LogP contribution in [0.3, 0.4) is 0 Å². The number of hydrogen-bond acceptors (Lipinski definition) is 4. The van der Waals surface area contributed by atoms with Gasteiger partial charge in [-0.15, -0.1) is 11.3 Å². The summed E-state index contributed by atoms with van der Waals surface area (Å²) in [5.41, 5.74) is 1.58. The lowest BCUT2D eigenvalue weighted by Gasteiger charge is -2.03. The number of carbonyl (C=O) groups excluding carboxylic acids is 1. The van der Waals surface area contributed by atoms with Gasteiger partial charge in [0, 0.05) is 36.7 Å². The fraction of sp³-hybridized carbons (Fsp3) is 0.250. The van der Waals surface area contributed by atoms with Gasteiger partial charge < -0.3 is 10.4 Å². The molecule has 0 saturated heterocycles. The normalized spacial score (nSPS) is 9.76. The van der Waals surface area contributed by atoms with E-state index in [1.165, 1.54) is 11.3 Å². The Kier molecular flexibility index (Phi) is 5.95. The van der Waals surface area contributed by atoms with Crippen LogP contribution in [-0.2, 0) is 6.42 Å². The quantitative estimate of drug-likeness (QED) is 0.828. The molecule has 21 heavy (non-hydrogen) atoms. The van der Waals surface area contributed by atoms with Crippen LogP contribution in [0.4, 0.5) is 0 Å². The number of amides is 1. The van der Waals surface area contributed by atoms with Crippen LogP contribution in [0.15, 0.2) is 35.8 Å². The second-order valence-corrected chi connectivity index (χ2v) is 5.21. The van der Waals surface area contributed by atoms with Gasteiger partial charge in [0.05, 0.1) is 17.0 Å². The SMILES string of the molecule is O=C(NCCc1ccccn1)c1csc(C#CCCO)c1. The highest BCUT2D eigenvalue weighted by atomic mass is 32.1. The van der Waals surface area contributed by atoms with Gasteiger partial charge in [-0.1, -0.05) is 17.9 Å². The van der Waals surface area contributed by atoms with E-state index >= 15 is 0 Å². The van der Waals surface area contributed by atoms with Crippen molar-refractivity contribution in [1.29, 1.82) is 0 Å². The van der Waals surface area contributed by atoms with E-state index in [2.05, 4.69) is 22.1 Å². The minimum absolute atomic E-state index is 0.0548. The highest BCUT2D eigenvalue weighted by molar-refractivity contribution is 7.10. The van der Waals surface area contributed by atoms with Crippen LogP contribution < -0.4 is 5.32 Å². The zero-order valence-corrected chi connectivity index (χ0v) is 12.3. The van der Waals surface area contributed by atoms with Gasteiger partial charge in [-0.2, -0.15) is 0 Å². The topological polar surface area (TPSA) is 62.2 Å². The maximum absolute atomic E-state index is 12.0. The van der Waals surface area contributed by atoms with Crippen molar-refractivity contribution in [3.8, 4) is 11.8 Å². The summed E-state index contributed by atoms with van der Waals surface area (Å²) in [6, 6.07) is 7.50. The molecule has 1 amide bonds. The highest BCUT2D eigenvalue weighted by Gasteiger charge is 2.07. The molecule has 108 valence electrons. The molecular formula is C16H16N2O2S. The van der Waals surface area contributed by atoms with Crippen molar-refractivity contribution in [3.05, 3.63) is 52.0 Å². The maximum Gasteiger partial charge on any atom is 0.252 e. The molecule has 2 rings (SSSR count). The van der Waals surface area contributed by atoms with E-state index in [0.29, 0.717) is 24.9 Å². The fourth-order valence-electron chi connectivity index (χ4n) is 1.68. The largest absolute Gasteiger partial charge is 0.395 e. The second-order valence-electron chi connectivity index (χ2n) is 4.30. The lowest BCUT2D eigenvalue weighted by molar-refractivity contribution is 0.0954. The average Bonchev–Trinajstić information content (AvgIpc) is 2.97. The van der Waals surface area contributed by atoms with E-state index in [9.17, 15) is 4.79 Å². The first-order valence-corrected chi connectivity index (χ1v) is 7.54. The van der Waals surface area contributed by atoms with Gasteiger partial charge in [0.25, 0.3) is 5.91 Å². The van der Waals surface area contributed by atoms with Crippen LogP contribution in [0.25, 0.3) is 0 Å². The van der Waals surface area contributed by atoms with Crippen LogP contribution in [0.5, 0.6) is 0 Å². The number of aliphatic hydroxyl groups excluding tert-OH is 1. The van der Waals surface area contributed by atoms with Crippen molar-refractivity contribution in [2.75, 3.05) is 13.2 Å². The maximum atomic E-state index is 12.0. The molecule has 0 saturated carbocycles. The molecular weight excluding hydrogens is 284 g/mol. The number of aliphatic hydroxyl groups is 1. The molecule has 0 fully saturated rings. The van der Waals surface area contributed by atoms with Gasteiger partial charge in [-0.3, -0.25) is 9.78 Å². The van der Waals surface area contributed by atoms with Crippen LogP contribution in [0, 0.1) is 11.8 Å². The van der Waals surface area contributed by atoms with E-state index < -0.39 is 0 Å². The minimum atomic E-state index is -0.0996. The number of aromatic nitrogens is 1. The first-order valence-electron chi connectivity index (χ1n) is 6.66. The summed E-state index contributed by atoms with van der Waals surface area (Å²) < 4.78 is 0. The lowest BCUT2D eigenvalue weighted by Crippen LogP contribution is -2.25. The molecule has 0 aromatic carbocycles. The molecule has 0 bridgehead atoms. The number of thiophene rings is 1. The molecule has 2 aromatic heterocycles. The number of nitrogens with zero attached hydrogens (tertiary/aromatic N) is 1. The summed E-state index contributed by atoms with van der Waals surface area (Å²) in [7, 11) is 0. The Balaban J connectivity index is 1.82. The highest BCUT2D eigenvalue weighted by Crippen LogP contribution is 2.13. The van der Waals surface area contributed by atoms with Crippen molar-refractivity contribution in [1.82, 2.24) is 10.3 Å². The van der Waals surface area contributed by atoms with Crippen LogP contribution in [0.1, 0.15) is 27.3 Å². The number of carbonyl (C=O) groups is 1. The predicted octanol–water partition coefficient (Wildman–Crippen LogP) is 1.85. The third-order valence-corrected chi connectivity index (χ3v) is 3.55. The molecule has 2 heterocycles. The Labute approximate surface area is 127 Å². The van der Waals surface area contributed by atoms with E-state index in [4.69, 9.17) is 5.11 Å². The second kappa shape index (κ2) is 8.20. The number of rotatable bonds is 5. The smallest absolute Gasteiger partial charge is 0.252 e. The van der Waals surface area contributed by atoms with Crippen molar-refractivity contribution in [2.24, 2.45) is 0 Å². The Morgan fingerprint density at radius 2 is 2.33 bits per heavy atom. The van der Waals surface area contributed by atoms with Gasteiger partial charge in [0.15, 0.2) is 0 Å². The van der Waals surface area contributed by atoms with Crippen molar-refractivity contribution in [3.63, 3.8) is 0 Å². The van der Waals surface area contributed by atoms with Gasteiger partial charge in [0.1, 0.15) is 0 Å².